The highest BCUT2D eigenvalue weighted by atomic mass is 79.9. The first-order valence-corrected chi connectivity index (χ1v) is 9.12. The summed E-state index contributed by atoms with van der Waals surface area (Å²) in [5.74, 6) is 0.738. The summed E-state index contributed by atoms with van der Waals surface area (Å²) in [4.78, 5) is 20.7. The van der Waals surface area contributed by atoms with Crippen molar-refractivity contribution in [3.63, 3.8) is 0 Å². The van der Waals surface area contributed by atoms with E-state index < -0.39 is 0 Å². The van der Waals surface area contributed by atoms with Gasteiger partial charge in [-0.2, -0.15) is 5.10 Å². The molecule has 0 spiro atoms. The van der Waals surface area contributed by atoms with Crippen molar-refractivity contribution in [2.24, 2.45) is 7.05 Å². The van der Waals surface area contributed by atoms with Gasteiger partial charge in [-0.1, -0.05) is 15.9 Å². The van der Waals surface area contributed by atoms with E-state index >= 15 is 0 Å². The first-order chi connectivity index (χ1) is 13.1. The first-order valence-electron chi connectivity index (χ1n) is 8.33. The Bertz CT molecular complexity index is 1170. The Balaban J connectivity index is 1.52. The fraction of sp³-hybridized carbons (Fsp3) is 0.158. The minimum atomic E-state index is -0.172. The molecule has 7 nitrogen and oxygen atoms in total. The quantitative estimate of drug-likeness (QED) is 0.491. The Morgan fingerprint density at radius 1 is 1.15 bits per heavy atom. The van der Waals surface area contributed by atoms with E-state index in [-0.39, 0.29) is 5.56 Å². The maximum Gasteiger partial charge on any atom is 0.269 e. The van der Waals surface area contributed by atoms with Crippen LogP contribution in [0.2, 0.25) is 0 Å². The molecule has 0 aliphatic carbocycles. The highest BCUT2D eigenvalue weighted by molar-refractivity contribution is 9.10. The van der Waals surface area contributed by atoms with Gasteiger partial charge in [0.15, 0.2) is 0 Å². The minimum absolute atomic E-state index is 0.172. The molecule has 3 aromatic heterocycles. The molecule has 0 atom stereocenters. The molecular formula is C19H16BrN5O2. The fourth-order valence-corrected chi connectivity index (χ4v) is 3.14. The van der Waals surface area contributed by atoms with E-state index in [2.05, 4.69) is 31.0 Å². The smallest absolute Gasteiger partial charge is 0.269 e. The molecular weight excluding hydrogens is 410 g/mol. The monoisotopic (exact) mass is 425 g/mol. The van der Waals surface area contributed by atoms with Crippen LogP contribution in [0.5, 0.6) is 5.75 Å². The lowest BCUT2D eigenvalue weighted by molar-refractivity contribution is 0.299. The number of benzene rings is 1. The molecule has 4 rings (SSSR count). The molecule has 8 heteroatoms. The fourth-order valence-electron chi connectivity index (χ4n) is 2.80. The summed E-state index contributed by atoms with van der Waals surface area (Å²) in [6, 6.07) is 7.67. The Morgan fingerprint density at radius 2 is 2.04 bits per heavy atom. The average molecular weight is 426 g/mol. The first kappa shape index (κ1) is 17.4. The van der Waals surface area contributed by atoms with Crippen LogP contribution in [0.1, 0.15) is 0 Å². The summed E-state index contributed by atoms with van der Waals surface area (Å²) >= 11 is 3.44. The Morgan fingerprint density at radius 3 is 2.85 bits per heavy atom. The van der Waals surface area contributed by atoms with Gasteiger partial charge in [0.25, 0.3) is 5.56 Å². The molecule has 136 valence electrons. The van der Waals surface area contributed by atoms with Gasteiger partial charge in [0, 0.05) is 41.1 Å². The lowest BCUT2D eigenvalue weighted by Gasteiger charge is -2.11. The van der Waals surface area contributed by atoms with Crippen LogP contribution in [0.4, 0.5) is 0 Å². The zero-order valence-electron chi connectivity index (χ0n) is 14.5. The third-order valence-electron chi connectivity index (χ3n) is 4.13. The Kier molecular flexibility index (Phi) is 4.72. The van der Waals surface area contributed by atoms with Crippen LogP contribution in [0, 0.1) is 0 Å². The normalized spacial score (nSPS) is 11.0. The molecule has 1 aromatic carbocycles. The van der Waals surface area contributed by atoms with Crippen LogP contribution in [-0.2, 0) is 13.6 Å². The minimum Gasteiger partial charge on any atom is -0.491 e. The molecule has 0 fully saturated rings. The number of hydrogen-bond acceptors (Lipinski definition) is 5. The standard InChI is InChI=1S/C19H16BrN5O2/c1-24-11-13(9-23-24)17-12-25(19(26)10-22-17)6-7-27-18-4-5-21-16-8-14(20)2-3-15(16)18/h2-5,8-12H,6-7H2,1H3. The van der Waals surface area contributed by atoms with Gasteiger partial charge in [-0.25, -0.2) is 4.98 Å². The second-order valence-electron chi connectivity index (χ2n) is 6.03. The van der Waals surface area contributed by atoms with Gasteiger partial charge in [-0.3, -0.25) is 14.5 Å². The van der Waals surface area contributed by atoms with Gasteiger partial charge in [0.2, 0.25) is 0 Å². The van der Waals surface area contributed by atoms with E-state index in [4.69, 9.17) is 4.74 Å². The maximum absolute atomic E-state index is 12.1. The number of aromatic nitrogens is 5. The van der Waals surface area contributed by atoms with Crippen molar-refractivity contribution in [3.05, 3.63) is 70.1 Å². The third-order valence-corrected chi connectivity index (χ3v) is 4.62. The van der Waals surface area contributed by atoms with Crippen molar-refractivity contribution in [2.45, 2.75) is 6.54 Å². The highest BCUT2D eigenvalue weighted by Crippen LogP contribution is 2.26. The van der Waals surface area contributed by atoms with E-state index in [0.29, 0.717) is 18.8 Å². The van der Waals surface area contributed by atoms with Crippen LogP contribution in [0.3, 0.4) is 0 Å². The van der Waals surface area contributed by atoms with Crippen molar-refractivity contribution in [1.82, 2.24) is 24.3 Å². The van der Waals surface area contributed by atoms with E-state index in [0.717, 1.165) is 26.7 Å². The number of rotatable bonds is 5. The van der Waals surface area contributed by atoms with Gasteiger partial charge in [-0.15, -0.1) is 0 Å². The number of pyridine rings is 1. The second-order valence-corrected chi connectivity index (χ2v) is 6.94. The van der Waals surface area contributed by atoms with Crippen molar-refractivity contribution in [1.29, 1.82) is 0 Å². The van der Waals surface area contributed by atoms with Crippen LogP contribution >= 0.6 is 15.9 Å². The molecule has 3 heterocycles. The number of ether oxygens (including phenoxy) is 1. The molecule has 4 aromatic rings. The van der Waals surface area contributed by atoms with Crippen molar-refractivity contribution in [2.75, 3.05) is 6.61 Å². The molecule has 0 radical (unpaired) electrons. The van der Waals surface area contributed by atoms with Crippen LogP contribution < -0.4 is 10.3 Å². The summed E-state index contributed by atoms with van der Waals surface area (Å²) in [6.07, 6.45) is 8.33. The molecule has 0 saturated heterocycles. The zero-order chi connectivity index (χ0) is 18.8. The molecule has 0 unspecified atom stereocenters. The highest BCUT2D eigenvalue weighted by Gasteiger charge is 2.07. The summed E-state index contributed by atoms with van der Waals surface area (Å²) in [5, 5.41) is 5.07. The summed E-state index contributed by atoms with van der Waals surface area (Å²) in [6.45, 7) is 0.764. The van der Waals surface area contributed by atoms with E-state index in [1.54, 1.807) is 27.8 Å². The van der Waals surface area contributed by atoms with Crippen molar-refractivity contribution >= 4 is 26.8 Å². The number of aryl methyl sites for hydroxylation is 1. The van der Waals surface area contributed by atoms with E-state index in [1.165, 1.54) is 6.20 Å². The van der Waals surface area contributed by atoms with Crippen LogP contribution in [-0.4, -0.2) is 30.9 Å². The SMILES string of the molecule is Cn1cc(-c2cn(CCOc3ccnc4cc(Br)ccc34)c(=O)cn2)cn1. The molecule has 0 amide bonds. The molecule has 27 heavy (non-hydrogen) atoms. The molecule has 0 saturated carbocycles. The molecule has 0 aliphatic rings. The van der Waals surface area contributed by atoms with Gasteiger partial charge >= 0.3 is 0 Å². The van der Waals surface area contributed by atoms with Crippen molar-refractivity contribution < 1.29 is 4.74 Å². The van der Waals surface area contributed by atoms with Gasteiger partial charge in [0.1, 0.15) is 12.4 Å². The van der Waals surface area contributed by atoms with Crippen LogP contribution in [0.25, 0.3) is 22.2 Å². The number of nitrogens with zero attached hydrogens (tertiary/aromatic N) is 5. The van der Waals surface area contributed by atoms with Crippen molar-refractivity contribution in [3.8, 4) is 17.0 Å². The number of fused-ring (bicyclic) bond motifs is 1. The topological polar surface area (TPSA) is 74.8 Å². The van der Waals surface area contributed by atoms with E-state index in [9.17, 15) is 4.79 Å². The number of hydrogen-bond donors (Lipinski definition) is 0. The van der Waals surface area contributed by atoms with Gasteiger partial charge < -0.3 is 9.30 Å². The van der Waals surface area contributed by atoms with Crippen LogP contribution in [0.15, 0.2) is 64.5 Å². The summed E-state index contributed by atoms with van der Waals surface area (Å²) < 4.78 is 10.2. The predicted octanol–water partition coefficient (Wildman–Crippen LogP) is 3.03. The molecule has 0 aliphatic heterocycles. The maximum atomic E-state index is 12.1. The second kappa shape index (κ2) is 7.32. The average Bonchev–Trinajstić information content (AvgIpc) is 3.09. The van der Waals surface area contributed by atoms with Gasteiger partial charge in [-0.05, 0) is 24.3 Å². The number of halogens is 1. The molecule has 0 N–H and O–H groups in total. The Hall–Kier alpha value is -3.00. The Labute approximate surface area is 163 Å². The van der Waals surface area contributed by atoms with E-state index in [1.807, 2.05) is 37.5 Å². The predicted molar refractivity (Wildman–Crippen MR) is 106 cm³/mol. The largest absolute Gasteiger partial charge is 0.491 e. The summed E-state index contributed by atoms with van der Waals surface area (Å²) in [5.41, 5.74) is 2.23. The summed E-state index contributed by atoms with van der Waals surface area (Å²) in [7, 11) is 1.84. The van der Waals surface area contributed by atoms with Gasteiger partial charge in [0.05, 0.1) is 30.1 Å². The third kappa shape index (κ3) is 3.75. The zero-order valence-corrected chi connectivity index (χ0v) is 16.1. The lowest BCUT2D eigenvalue weighted by Crippen LogP contribution is -2.23. The molecule has 0 bridgehead atoms. The lowest BCUT2D eigenvalue weighted by atomic mass is 10.2.